The highest BCUT2D eigenvalue weighted by atomic mass is 16.7. The Kier molecular flexibility index (Phi) is 6.00. The first-order valence-electron chi connectivity index (χ1n) is 7.42. The smallest absolute Gasteiger partial charge is 0.438 e. The van der Waals surface area contributed by atoms with Gasteiger partial charge in [0.05, 0.1) is 19.9 Å². The molecule has 1 amide bonds. The summed E-state index contributed by atoms with van der Waals surface area (Å²) in [6.07, 6.45) is 0.304. The van der Waals surface area contributed by atoms with Crippen molar-refractivity contribution in [1.29, 1.82) is 0 Å². The highest BCUT2D eigenvalue weighted by Crippen LogP contribution is 2.25. The monoisotopic (exact) mass is 315 g/mol. The summed E-state index contributed by atoms with van der Waals surface area (Å²) in [5.41, 5.74) is 2.56. The van der Waals surface area contributed by atoms with Crippen molar-refractivity contribution in [3.05, 3.63) is 59.7 Å². The Morgan fingerprint density at radius 2 is 1.65 bits per heavy atom. The lowest BCUT2D eigenvalue weighted by Crippen LogP contribution is -2.30. The molecule has 0 radical (unpaired) electrons. The molecule has 23 heavy (non-hydrogen) atoms. The summed E-state index contributed by atoms with van der Waals surface area (Å²) < 4.78 is 10.7. The third-order valence-electron chi connectivity index (χ3n) is 3.47. The molecule has 0 aliphatic carbocycles. The molecule has 0 aliphatic rings. The first-order chi connectivity index (χ1) is 11.2. The van der Waals surface area contributed by atoms with Crippen LogP contribution in [0.4, 0.5) is 10.5 Å². The largest absolute Gasteiger partial charge is 0.489 e. The zero-order chi connectivity index (χ0) is 16.7. The van der Waals surface area contributed by atoms with E-state index in [1.54, 1.807) is 6.07 Å². The summed E-state index contributed by atoms with van der Waals surface area (Å²) in [5, 5.41) is 1.10. The quantitative estimate of drug-likeness (QED) is 0.757. The maximum Gasteiger partial charge on any atom is 0.438 e. The Labute approximate surface area is 136 Å². The molecule has 0 N–H and O–H groups in total. The minimum atomic E-state index is -0.589. The van der Waals surface area contributed by atoms with Crippen LogP contribution >= 0.6 is 0 Å². The number of carbonyl (C=O) groups is 1. The normalized spacial score (nSPS) is 10.2. The molecule has 5 nitrogen and oxygen atoms in total. The molecule has 122 valence electrons. The molecule has 0 heterocycles. The molecule has 0 fully saturated rings. The number of amides is 1. The lowest BCUT2D eigenvalue weighted by molar-refractivity contribution is 0.115. The highest BCUT2D eigenvalue weighted by Gasteiger charge is 2.19. The lowest BCUT2D eigenvalue weighted by Gasteiger charge is -2.21. The first-order valence-corrected chi connectivity index (χ1v) is 7.42. The SMILES string of the molecule is CCc1ccccc1OCc1ccccc1N(OC)C(=O)OC. The average Bonchev–Trinajstić information content (AvgIpc) is 2.61. The van der Waals surface area contributed by atoms with Crippen LogP contribution in [0.2, 0.25) is 0 Å². The first kappa shape index (κ1) is 16.8. The predicted molar refractivity (Wildman–Crippen MR) is 88.5 cm³/mol. The number of hydroxylamine groups is 1. The number of rotatable bonds is 6. The molecule has 2 aromatic carbocycles. The van der Waals surface area contributed by atoms with Crippen LogP contribution in [0.3, 0.4) is 0 Å². The van der Waals surface area contributed by atoms with E-state index < -0.39 is 6.09 Å². The van der Waals surface area contributed by atoms with Crippen LogP contribution in [0.25, 0.3) is 0 Å². The van der Waals surface area contributed by atoms with Crippen LogP contribution in [-0.4, -0.2) is 20.3 Å². The van der Waals surface area contributed by atoms with Gasteiger partial charge in [0.2, 0.25) is 0 Å². The van der Waals surface area contributed by atoms with Gasteiger partial charge < -0.3 is 9.47 Å². The van der Waals surface area contributed by atoms with Crippen LogP contribution in [0, 0.1) is 0 Å². The zero-order valence-corrected chi connectivity index (χ0v) is 13.6. The fourth-order valence-corrected chi connectivity index (χ4v) is 2.28. The lowest BCUT2D eigenvalue weighted by atomic mass is 10.1. The molecule has 0 unspecified atom stereocenters. The van der Waals surface area contributed by atoms with E-state index in [0.717, 1.165) is 28.4 Å². The maximum atomic E-state index is 11.8. The standard InChI is InChI=1S/C18H21NO4/c1-4-14-9-6-8-12-17(14)23-13-15-10-5-7-11-16(15)19(22-3)18(20)21-2/h5-12H,4,13H2,1-3H3. The molecular formula is C18H21NO4. The Morgan fingerprint density at radius 3 is 2.30 bits per heavy atom. The van der Waals surface area contributed by atoms with Crippen molar-refractivity contribution >= 4 is 11.8 Å². The van der Waals surface area contributed by atoms with Crippen molar-refractivity contribution in [2.75, 3.05) is 19.3 Å². The van der Waals surface area contributed by atoms with Crippen molar-refractivity contribution in [1.82, 2.24) is 0 Å². The highest BCUT2D eigenvalue weighted by molar-refractivity contribution is 5.86. The number of aryl methyl sites for hydroxylation is 1. The summed E-state index contributed by atoms with van der Waals surface area (Å²) in [6.45, 7) is 2.41. The molecule has 0 bridgehead atoms. The van der Waals surface area contributed by atoms with E-state index in [1.165, 1.54) is 14.2 Å². The van der Waals surface area contributed by atoms with Crippen LogP contribution in [0.15, 0.2) is 48.5 Å². The van der Waals surface area contributed by atoms with Crippen LogP contribution in [0.1, 0.15) is 18.1 Å². The fourth-order valence-electron chi connectivity index (χ4n) is 2.28. The molecule has 2 aromatic rings. The van der Waals surface area contributed by atoms with Gasteiger partial charge in [0.15, 0.2) is 0 Å². The molecular weight excluding hydrogens is 294 g/mol. The van der Waals surface area contributed by atoms with E-state index in [2.05, 4.69) is 6.92 Å². The third kappa shape index (κ3) is 4.02. The van der Waals surface area contributed by atoms with Gasteiger partial charge >= 0.3 is 6.09 Å². The molecule has 0 atom stereocenters. The number of ether oxygens (including phenoxy) is 2. The van der Waals surface area contributed by atoms with Gasteiger partial charge in [0.1, 0.15) is 12.4 Å². The molecule has 5 heteroatoms. The molecule has 0 saturated heterocycles. The topological polar surface area (TPSA) is 48.0 Å². The summed E-state index contributed by atoms with van der Waals surface area (Å²) in [4.78, 5) is 16.9. The second-order valence-corrected chi connectivity index (χ2v) is 4.83. The maximum absolute atomic E-state index is 11.8. The van der Waals surface area contributed by atoms with Crippen LogP contribution in [-0.2, 0) is 22.6 Å². The fraction of sp³-hybridized carbons (Fsp3) is 0.278. The van der Waals surface area contributed by atoms with Gasteiger partial charge in [-0.3, -0.25) is 4.84 Å². The van der Waals surface area contributed by atoms with Gasteiger partial charge in [-0.25, -0.2) is 4.79 Å². The van der Waals surface area contributed by atoms with Gasteiger partial charge in [-0.05, 0) is 24.1 Å². The van der Waals surface area contributed by atoms with Crippen molar-refractivity contribution < 1.29 is 19.1 Å². The summed E-state index contributed by atoms with van der Waals surface area (Å²) >= 11 is 0. The Bertz CT molecular complexity index is 657. The number of carbonyl (C=O) groups excluding carboxylic acids is 1. The molecule has 2 rings (SSSR count). The van der Waals surface area contributed by atoms with Crippen molar-refractivity contribution in [3.63, 3.8) is 0 Å². The molecule has 0 spiro atoms. The number of hydrogen-bond acceptors (Lipinski definition) is 4. The van der Waals surface area contributed by atoms with E-state index in [-0.39, 0.29) is 0 Å². The number of hydrogen-bond donors (Lipinski definition) is 0. The van der Waals surface area contributed by atoms with Gasteiger partial charge in [-0.1, -0.05) is 43.3 Å². The number of benzene rings is 2. The second kappa shape index (κ2) is 8.19. The molecule has 0 aliphatic heterocycles. The molecule has 0 aromatic heterocycles. The van der Waals surface area contributed by atoms with Crippen molar-refractivity contribution in [2.45, 2.75) is 20.0 Å². The Hall–Kier alpha value is -2.53. The third-order valence-corrected chi connectivity index (χ3v) is 3.47. The van der Waals surface area contributed by atoms with Gasteiger partial charge in [0, 0.05) is 5.56 Å². The zero-order valence-electron chi connectivity index (χ0n) is 13.6. The number of nitrogens with zero attached hydrogens (tertiary/aromatic N) is 1. The summed E-state index contributed by atoms with van der Waals surface area (Å²) in [6, 6.07) is 15.3. The van der Waals surface area contributed by atoms with E-state index in [4.69, 9.17) is 14.3 Å². The second-order valence-electron chi connectivity index (χ2n) is 4.83. The van der Waals surface area contributed by atoms with Gasteiger partial charge in [-0.2, -0.15) is 5.06 Å². The van der Waals surface area contributed by atoms with Gasteiger partial charge in [-0.15, -0.1) is 0 Å². The number of para-hydroxylation sites is 2. The number of anilines is 1. The van der Waals surface area contributed by atoms with Crippen LogP contribution < -0.4 is 9.80 Å². The van der Waals surface area contributed by atoms with Gasteiger partial charge in [0.25, 0.3) is 0 Å². The van der Waals surface area contributed by atoms with E-state index in [0.29, 0.717) is 12.3 Å². The Morgan fingerprint density at radius 1 is 1.00 bits per heavy atom. The summed E-state index contributed by atoms with van der Waals surface area (Å²) in [5.74, 6) is 0.840. The van der Waals surface area contributed by atoms with E-state index in [1.807, 2.05) is 42.5 Å². The van der Waals surface area contributed by atoms with Crippen LogP contribution in [0.5, 0.6) is 5.75 Å². The summed E-state index contributed by atoms with van der Waals surface area (Å²) in [7, 11) is 2.73. The predicted octanol–water partition coefficient (Wildman–Crippen LogP) is 3.96. The average molecular weight is 315 g/mol. The van der Waals surface area contributed by atoms with Crippen molar-refractivity contribution in [2.24, 2.45) is 0 Å². The van der Waals surface area contributed by atoms with E-state index in [9.17, 15) is 4.79 Å². The Balaban J connectivity index is 2.22. The minimum absolute atomic E-state index is 0.323. The number of methoxy groups -OCH3 is 1. The van der Waals surface area contributed by atoms with Crippen molar-refractivity contribution in [3.8, 4) is 5.75 Å². The molecule has 0 saturated carbocycles. The van der Waals surface area contributed by atoms with E-state index >= 15 is 0 Å². The minimum Gasteiger partial charge on any atom is -0.489 e.